The Labute approximate surface area is 146 Å². The lowest BCUT2D eigenvalue weighted by Gasteiger charge is -2.11. The van der Waals surface area contributed by atoms with Gasteiger partial charge in [0.2, 0.25) is 0 Å². The quantitative estimate of drug-likeness (QED) is 0.642. The first kappa shape index (κ1) is 17.8. The fourth-order valence-corrected chi connectivity index (χ4v) is 1.93. The average molecular weight is 346 g/mol. The normalized spacial score (nSPS) is 11.1. The fraction of sp³-hybridized carbons (Fsp3) is 0.222. The van der Waals surface area contributed by atoms with Crippen LogP contribution in [0.5, 0.6) is 5.75 Å². The minimum absolute atomic E-state index is 0.0253. The summed E-state index contributed by atoms with van der Waals surface area (Å²) in [5, 5.41) is 5.03. The number of carbonyl (C=O) groups excluding carboxylic acids is 1. The van der Waals surface area contributed by atoms with Crippen molar-refractivity contribution in [2.45, 2.75) is 6.92 Å². The molecular formula is C18H20ClN3O2. The van der Waals surface area contributed by atoms with Crippen LogP contribution in [0.25, 0.3) is 0 Å². The number of benzene rings is 2. The number of hydrazone groups is 1. The number of rotatable bonds is 6. The molecule has 0 aliphatic heterocycles. The van der Waals surface area contributed by atoms with E-state index in [0.717, 1.165) is 17.0 Å². The molecule has 24 heavy (non-hydrogen) atoms. The van der Waals surface area contributed by atoms with Crippen molar-refractivity contribution in [3.05, 3.63) is 59.1 Å². The smallest absolute Gasteiger partial charge is 0.259 e. The summed E-state index contributed by atoms with van der Waals surface area (Å²) < 4.78 is 5.45. The summed E-state index contributed by atoms with van der Waals surface area (Å²) in [7, 11) is 3.39. The first-order chi connectivity index (χ1) is 11.5. The Hall–Kier alpha value is -2.53. The van der Waals surface area contributed by atoms with Crippen LogP contribution in [0.2, 0.25) is 5.02 Å². The van der Waals surface area contributed by atoms with Crippen molar-refractivity contribution in [1.82, 2.24) is 4.90 Å². The van der Waals surface area contributed by atoms with Gasteiger partial charge in [0, 0.05) is 19.1 Å². The maximum absolute atomic E-state index is 11.5. The second-order valence-electron chi connectivity index (χ2n) is 5.42. The maximum Gasteiger partial charge on any atom is 0.259 e. The Balaban J connectivity index is 1.95. The van der Waals surface area contributed by atoms with Crippen LogP contribution < -0.4 is 10.2 Å². The van der Waals surface area contributed by atoms with E-state index in [1.807, 2.05) is 43.3 Å². The van der Waals surface area contributed by atoms with Crippen molar-refractivity contribution in [3.63, 3.8) is 0 Å². The number of halogens is 1. The minimum atomic E-state index is -0.0796. The molecule has 0 aliphatic carbocycles. The van der Waals surface area contributed by atoms with Crippen molar-refractivity contribution >= 4 is 28.9 Å². The monoisotopic (exact) mass is 345 g/mol. The van der Waals surface area contributed by atoms with E-state index in [9.17, 15) is 4.79 Å². The zero-order valence-electron chi connectivity index (χ0n) is 13.9. The number of likely N-dealkylation sites (N-methyl/N-ethyl adjacent to an activating group) is 1. The van der Waals surface area contributed by atoms with Crippen LogP contribution in [0.3, 0.4) is 0 Å². The summed E-state index contributed by atoms with van der Waals surface area (Å²) in [6.45, 7) is 1.94. The predicted octanol–water partition coefficient (Wildman–Crippen LogP) is 3.64. The summed E-state index contributed by atoms with van der Waals surface area (Å²) in [4.78, 5) is 13.0. The van der Waals surface area contributed by atoms with Crippen LogP contribution in [0, 0.1) is 0 Å². The third-order valence-electron chi connectivity index (χ3n) is 3.33. The van der Waals surface area contributed by atoms with Crippen LogP contribution in [0.1, 0.15) is 12.5 Å². The molecule has 0 spiro atoms. The van der Waals surface area contributed by atoms with Crippen molar-refractivity contribution < 1.29 is 9.53 Å². The van der Waals surface area contributed by atoms with Crippen molar-refractivity contribution in [3.8, 4) is 5.75 Å². The van der Waals surface area contributed by atoms with Gasteiger partial charge in [0.25, 0.3) is 5.91 Å². The molecule has 2 aromatic carbocycles. The molecule has 0 atom stereocenters. The largest absolute Gasteiger partial charge is 0.484 e. The molecule has 1 N–H and O–H groups in total. The molecule has 0 saturated carbocycles. The van der Waals surface area contributed by atoms with E-state index in [2.05, 4.69) is 10.5 Å². The summed E-state index contributed by atoms with van der Waals surface area (Å²) in [5.41, 5.74) is 5.64. The predicted molar refractivity (Wildman–Crippen MR) is 97.9 cm³/mol. The van der Waals surface area contributed by atoms with Crippen LogP contribution in [-0.4, -0.2) is 37.2 Å². The molecule has 0 saturated heterocycles. The van der Waals surface area contributed by atoms with Crippen LogP contribution in [-0.2, 0) is 4.79 Å². The molecule has 2 aromatic rings. The zero-order valence-corrected chi connectivity index (χ0v) is 14.7. The number of anilines is 1. The number of hydrogen-bond acceptors (Lipinski definition) is 4. The Morgan fingerprint density at radius 2 is 1.75 bits per heavy atom. The molecular weight excluding hydrogens is 326 g/mol. The maximum atomic E-state index is 11.5. The fourth-order valence-electron chi connectivity index (χ4n) is 1.80. The Kier molecular flexibility index (Phi) is 6.21. The highest BCUT2D eigenvalue weighted by molar-refractivity contribution is 6.30. The third-order valence-corrected chi connectivity index (χ3v) is 3.58. The number of carbonyl (C=O) groups is 1. The highest BCUT2D eigenvalue weighted by Gasteiger charge is 2.05. The number of amides is 1. The van der Waals surface area contributed by atoms with Crippen LogP contribution in [0.15, 0.2) is 53.6 Å². The van der Waals surface area contributed by atoms with Gasteiger partial charge in [-0.05, 0) is 61.0 Å². The zero-order chi connectivity index (χ0) is 17.5. The molecule has 0 fully saturated rings. The summed E-state index contributed by atoms with van der Waals surface area (Å²) in [6, 6.07) is 14.8. The molecule has 6 heteroatoms. The molecule has 0 bridgehead atoms. The Morgan fingerprint density at radius 3 is 2.33 bits per heavy atom. The number of ether oxygens (including phenoxy) is 1. The van der Waals surface area contributed by atoms with Gasteiger partial charge in [0.1, 0.15) is 5.75 Å². The molecule has 2 rings (SSSR count). The van der Waals surface area contributed by atoms with Gasteiger partial charge < -0.3 is 9.64 Å². The van der Waals surface area contributed by atoms with Gasteiger partial charge in [-0.1, -0.05) is 11.6 Å². The molecule has 0 unspecified atom stereocenters. The first-order valence-electron chi connectivity index (χ1n) is 7.45. The van der Waals surface area contributed by atoms with Crippen molar-refractivity contribution in [2.75, 3.05) is 26.1 Å². The highest BCUT2D eigenvalue weighted by atomic mass is 35.5. The van der Waals surface area contributed by atoms with E-state index in [1.54, 1.807) is 26.2 Å². The van der Waals surface area contributed by atoms with Gasteiger partial charge in [0.05, 0.1) is 11.4 Å². The van der Waals surface area contributed by atoms with Crippen LogP contribution in [0.4, 0.5) is 5.69 Å². The first-order valence-corrected chi connectivity index (χ1v) is 7.83. The lowest BCUT2D eigenvalue weighted by atomic mass is 10.1. The summed E-state index contributed by atoms with van der Waals surface area (Å²) >= 11 is 5.85. The Morgan fingerprint density at radius 1 is 1.12 bits per heavy atom. The van der Waals surface area contributed by atoms with E-state index >= 15 is 0 Å². The number of nitrogens with one attached hydrogen (secondary N) is 1. The lowest BCUT2D eigenvalue weighted by Crippen LogP contribution is -2.27. The SMILES string of the molecule is C/C(=N/Nc1ccc(Cl)cc1)c1ccc(OCC(=O)N(C)C)cc1. The molecule has 0 aromatic heterocycles. The summed E-state index contributed by atoms with van der Waals surface area (Å²) in [6.07, 6.45) is 0. The highest BCUT2D eigenvalue weighted by Crippen LogP contribution is 2.15. The van der Waals surface area contributed by atoms with Crippen LogP contribution >= 0.6 is 11.6 Å². The lowest BCUT2D eigenvalue weighted by molar-refractivity contribution is -0.130. The minimum Gasteiger partial charge on any atom is -0.484 e. The standard InChI is InChI=1S/C18H20ClN3O2/c1-13(20-21-16-8-6-15(19)7-9-16)14-4-10-17(11-5-14)24-12-18(23)22(2)3/h4-11,21H,12H2,1-3H3/b20-13-. The van der Waals surface area contributed by atoms with Gasteiger partial charge in [-0.3, -0.25) is 10.2 Å². The van der Waals surface area contributed by atoms with Crippen molar-refractivity contribution in [2.24, 2.45) is 5.10 Å². The topological polar surface area (TPSA) is 53.9 Å². The van der Waals surface area contributed by atoms with Gasteiger partial charge in [0.15, 0.2) is 6.61 Å². The molecule has 0 radical (unpaired) electrons. The second kappa shape index (κ2) is 8.36. The molecule has 5 nitrogen and oxygen atoms in total. The second-order valence-corrected chi connectivity index (χ2v) is 5.85. The van der Waals surface area contributed by atoms with E-state index in [-0.39, 0.29) is 12.5 Å². The molecule has 1 amide bonds. The summed E-state index contributed by atoms with van der Waals surface area (Å²) in [5.74, 6) is 0.566. The molecule has 0 aliphatic rings. The Bertz CT molecular complexity index is 710. The number of hydrogen-bond donors (Lipinski definition) is 1. The van der Waals surface area contributed by atoms with Gasteiger partial charge in [-0.25, -0.2) is 0 Å². The average Bonchev–Trinajstić information content (AvgIpc) is 2.59. The van der Waals surface area contributed by atoms with Gasteiger partial charge >= 0.3 is 0 Å². The molecule has 0 heterocycles. The van der Waals surface area contributed by atoms with Gasteiger partial charge in [-0.15, -0.1) is 0 Å². The van der Waals surface area contributed by atoms with E-state index < -0.39 is 0 Å². The van der Waals surface area contributed by atoms with E-state index in [4.69, 9.17) is 16.3 Å². The van der Waals surface area contributed by atoms with Crippen molar-refractivity contribution in [1.29, 1.82) is 0 Å². The van der Waals surface area contributed by atoms with E-state index in [0.29, 0.717) is 10.8 Å². The van der Waals surface area contributed by atoms with E-state index in [1.165, 1.54) is 4.90 Å². The number of nitrogens with zero attached hydrogens (tertiary/aromatic N) is 2. The molecule has 126 valence electrons. The van der Waals surface area contributed by atoms with Gasteiger partial charge in [-0.2, -0.15) is 5.10 Å². The third kappa shape index (κ3) is 5.28.